The van der Waals surface area contributed by atoms with Crippen LogP contribution in [0.2, 0.25) is 0 Å². The lowest BCUT2D eigenvalue weighted by molar-refractivity contribution is 0.0475. The van der Waals surface area contributed by atoms with Crippen molar-refractivity contribution >= 4 is 10.8 Å². The van der Waals surface area contributed by atoms with Crippen molar-refractivity contribution in [1.82, 2.24) is 10.3 Å². The lowest BCUT2D eigenvalue weighted by Gasteiger charge is -2.22. The molecule has 1 aliphatic carbocycles. The van der Waals surface area contributed by atoms with E-state index in [1.54, 1.807) is 0 Å². The number of hydrogen-bond acceptors (Lipinski definition) is 3. The van der Waals surface area contributed by atoms with Crippen LogP contribution in [0.15, 0.2) is 36.7 Å². The van der Waals surface area contributed by atoms with E-state index in [1.165, 1.54) is 16.3 Å². The van der Waals surface area contributed by atoms with E-state index in [2.05, 4.69) is 28.5 Å². The fourth-order valence-electron chi connectivity index (χ4n) is 2.89. The Kier molecular flexibility index (Phi) is 3.49. The number of hydrogen-bond donors (Lipinski definition) is 2. The van der Waals surface area contributed by atoms with Crippen LogP contribution in [0.4, 0.5) is 0 Å². The van der Waals surface area contributed by atoms with Gasteiger partial charge in [0.15, 0.2) is 0 Å². The molecule has 0 radical (unpaired) electrons. The Hall–Kier alpha value is -1.45. The van der Waals surface area contributed by atoms with E-state index in [-0.39, 0.29) is 0 Å². The lowest BCUT2D eigenvalue weighted by Crippen LogP contribution is -2.37. The fourth-order valence-corrected chi connectivity index (χ4v) is 2.89. The predicted molar refractivity (Wildman–Crippen MR) is 76.9 cm³/mol. The normalized spacial score (nSPS) is 17.9. The van der Waals surface area contributed by atoms with Crippen LogP contribution in [-0.2, 0) is 6.54 Å². The van der Waals surface area contributed by atoms with Crippen LogP contribution < -0.4 is 5.32 Å². The van der Waals surface area contributed by atoms with E-state index in [0.29, 0.717) is 6.54 Å². The molecule has 1 heterocycles. The minimum atomic E-state index is -0.471. The molecular weight excluding hydrogens is 236 g/mol. The van der Waals surface area contributed by atoms with Crippen LogP contribution in [0.1, 0.15) is 31.2 Å². The standard InChI is InChI=1S/C16H20N2O/c19-16(6-1-2-7-16)12-18-10-13-3-4-15-11-17-8-5-14(15)9-13/h3-5,8-9,11,18-19H,1-2,6-7,10,12H2. The minimum absolute atomic E-state index is 0.471. The van der Waals surface area contributed by atoms with Crippen LogP contribution in [0.5, 0.6) is 0 Å². The number of nitrogens with one attached hydrogen (secondary N) is 1. The summed E-state index contributed by atoms with van der Waals surface area (Å²) in [4.78, 5) is 4.12. The quantitative estimate of drug-likeness (QED) is 0.884. The highest BCUT2D eigenvalue weighted by atomic mass is 16.3. The first-order chi connectivity index (χ1) is 9.25. The van der Waals surface area contributed by atoms with Gasteiger partial charge >= 0.3 is 0 Å². The molecule has 1 aromatic heterocycles. The second-order valence-electron chi connectivity index (χ2n) is 5.59. The Morgan fingerprint density at radius 2 is 2.00 bits per heavy atom. The third kappa shape index (κ3) is 2.94. The molecule has 3 nitrogen and oxygen atoms in total. The molecule has 0 spiro atoms. The van der Waals surface area contributed by atoms with Gasteiger partial charge in [-0.15, -0.1) is 0 Å². The molecule has 1 saturated carbocycles. The van der Waals surface area contributed by atoms with Crippen molar-refractivity contribution in [3.63, 3.8) is 0 Å². The monoisotopic (exact) mass is 256 g/mol. The van der Waals surface area contributed by atoms with Gasteiger partial charge in [-0.1, -0.05) is 25.0 Å². The molecule has 0 aliphatic heterocycles. The van der Waals surface area contributed by atoms with Gasteiger partial charge < -0.3 is 10.4 Å². The van der Waals surface area contributed by atoms with Crippen LogP contribution in [0.3, 0.4) is 0 Å². The van der Waals surface area contributed by atoms with Gasteiger partial charge in [0, 0.05) is 30.9 Å². The number of pyridine rings is 1. The minimum Gasteiger partial charge on any atom is -0.389 e. The van der Waals surface area contributed by atoms with Crippen molar-refractivity contribution in [3.05, 3.63) is 42.2 Å². The van der Waals surface area contributed by atoms with E-state index in [1.807, 2.05) is 18.5 Å². The summed E-state index contributed by atoms with van der Waals surface area (Å²) in [6.45, 7) is 1.50. The molecule has 0 unspecified atom stereocenters. The largest absolute Gasteiger partial charge is 0.389 e. The predicted octanol–water partition coefficient (Wildman–Crippen LogP) is 2.63. The molecule has 1 aliphatic rings. The zero-order valence-electron chi connectivity index (χ0n) is 11.1. The van der Waals surface area contributed by atoms with Gasteiger partial charge in [0.05, 0.1) is 5.60 Å². The zero-order chi connectivity index (χ0) is 13.1. The number of aromatic nitrogens is 1. The fraction of sp³-hybridized carbons (Fsp3) is 0.438. The summed E-state index contributed by atoms with van der Waals surface area (Å²) >= 11 is 0. The first kappa shape index (κ1) is 12.6. The Labute approximate surface area is 113 Å². The van der Waals surface area contributed by atoms with Crippen molar-refractivity contribution < 1.29 is 5.11 Å². The number of nitrogens with zero attached hydrogens (tertiary/aromatic N) is 1. The molecule has 100 valence electrons. The van der Waals surface area contributed by atoms with Crippen molar-refractivity contribution in [2.75, 3.05) is 6.54 Å². The molecule has 1 aromatic carbocycles. The van der Waals surface area contributed by atoms with Gasteiger partial charge in [-0.25, -0.2) is 0 Å². The van der Waals surface area contributed by atoms with E-state index < -0.39 is 5.60 Å². The summed E-state index contributed by atoms with van der Waals surface area (Å²) < 4.78 is 0. The maximum Gasteiger partial charge on any atom is 0.0771 e. The summed E-state index contributed by atoms with van der Waals surface area (Å²) in [7, 11) is 0. The number of aliphatic hydroxyl groups is 1. The van der Waals surface area contributed by atoms with Crippen molar-refractivity contribution in [1.29, 1.82) is 0 Å². The second-order valence-corrected chi connectivity index (χ2v) is 5.59. The first-order valence-corrected chi connectivity index (χ1v) is 7.01. The smallest absolute Gasteiger partial charge is 0.0771 e. The molecule has 0 bridgehead atoms. The number of benzene rings is 1. The average Bonchev–Trinajstić information content (AvgIpc) is 2.86. The Bertz CT molecular complexity index is 561. The van der Waals surface area contributed by atoms with Gasteiger partial charge in [0.1, 0.15) is 0 Å². The maximum atomic E-state index is 10.3. The van der Waals surface area contributed by atoms with Crippen LogP contribution in [0.25, 0.3) is 10.8 Å². The molecule has 19 heavy (non-hydrogen) atoms. The van der Waals surface area contributed by atoms with E-state index >= 15 is 0 Å². The Balaban J connectivity index is 1.62. The van der Waals surface area contributed by atoms with Gasteiger partial charge in [-0.3, -0.25) is 4.98 Å². The zero-order valence-corrected chi connectivity index (χ0v) is 11.1. The van der Waals surface area contributed by atoms with Crippen molar-refractivity contribution in [3.8, 4) is 0 Å². The van der Waals surface area contributed by atoms with E-state index in [9.17, 15) is 5.11 Å². The highest BCUT2D eigenvalue weighted by Gasteiger charge is 2.30. The van der Waals surface area contributed by atoms with Gasteiger partial charge in [-0.05, 0) is 35.9 Å². The molecule has 2 N–H and O–H groups in total. The van der Waals surface area contributed by atoms with E-state index in [0.717, 1.165) is 32.2 Å². The van der Waals surface area contributed by atoms with Crippen molar-refractivity contribution in [2.24, 2.45) is 0 Å². The van der Waals surface area contributed by atoms with Gasteiger partial charge in [0.2, 0.25) is 0 Å². The maximum absolute atomic E-state index is 10.3. The second kappa shape index (κ2) is 5.27. The molecule has 3 rings (SSSR count). The third-order valence-corrected chi connectivity index (χ3v) is 4.02. The number of fused-ring (bicyclic) bond motifs is 1. The molecular formula is C16H20N2O. The summed E-state index contributed by atoms with van der Waals surface area (Å²) in [5.41, 5.74) is 0.779. The van der Waals surface area contributed by atoms with E-state index in [4.69, 9.17) is 0 Å². The van der Waals surface area contributed by atoms with Crippen LogP contribution >= 0.6 is 0 Å². The molecule has 0 atom stereocenters. The molecule has 0 amide bonds. The molecule has 1 fully saturated rings. The highest BCUT2D eigenvalue weighted by Crippen LogP contribution is 2.28. The molecule has 3 heteroatoms. The summed E-state index contributed by atoms with van der Waals surface area (Å²) in [5.74, 6) is 0. The topological polar surface area (TPSA) is 45.1 Å². The van der Waals surface area contributed by atoms with Crippen molar-refractivity contribution in [2.45, 2.75) is 37.8 Å². The first-order valence-electron chi connectivity index (χ1n) is 7.01. The third-order valence-electron chi connectivity index (χ3n) is 4.02. The Morgan fingerprint density at radius 3 is 2.84 bits per heavy atom. The molecule has 2 aromatic rings. The average molecular weight is 256 g/mol. The number of rotatable bonds is 4. The summed E-state index contributed by atoms with van der Waals surface area (Å²) in [5, 5.41) is 16.0. The van der Waals surface area contributed by atoms with Gasteiger partial charge in [-0.2, -0.15) is 0 Å². The SMILES string of the molecule is OC1(CNCc2ccc3cnccc3c2)CCCC1. The molecule has 0 saturated heterocycles. The summed E-state index contributed by atoms with van der Waals surface area (Å²) in [6.07, 6.45) is 7.88. The summed E-state index contributed by atoms with van der Waals surface area (Å²) in [6, 6.07) is 8.44. The highest BCUT2D eigenvalue weighted by molar-refractivity contribution is 5.81. The van der Waals surface area contributed by atoms with Crippen LogP contribution in [0, 0.1) is 0 Å². The van der Waals surface area contributed by atoms with Gasteiger partial charge in [0.25, 0.3) is 0 Å². The lowest BCUT2D eigenvalue weighted by atomic mass is 10.0. The Morgan fingerprint density at radius 1 is 1.16 bits per heavy atom. The van der Waals surface area contributed by atoms with Crippen LogP contribution in [-0.4, -0.2) is 22.2 Å².